The summed E-state index contributed by atoms with van der Waals surface area (Å²) in [5.41, 5.74) is 5.34. The smallest absolute Gasteiger partial charge is 0.234 e. The van der Waals surface area contributed by atoms with Gasteiger partial charge in [-0.15, -0.1) is 0 Å². The van der Waals surface area contributed by atoms with Crippen LogP contribution in [0.25, 0.3) is 0 Å². The molecule has 18 heavy (non-hydrogen) atoms. The fourth-order valence-corrected chi connectivity index (χ4v) is 2.41. The molecule has 1 saturated heterocycles. The highest BCUT2D eigenvalue weighted by atomic mass is 19.1. The van der Waals surface area contributed by atoms with Gasteiger partial charge in [-0.25, -0.2) is 8.78 Å². The van der Waals surface area contributed by atoms with Gasteiger partial charge in [-0.2, -0.15) is 0 Å². The summed E-state index contributed by atoms with van der Waals surface area (Å²) < 4.78 is 27.0. The number of carbonyl (C=O) groups excluding carboxylic acids is 1. The Balaban J connectivity index is 2.07. The number of rotatable bonds is 3. The van der Waals surface area contributed by atoms with Gasteiger partial charge in [0.05, 0.1) is 6.04 Å². The SMILES string of the molecule is NC(=O)C1CC(Cc2c(F)cccc2F)CCN1. The van der Waals surface area contributed by atoms with Crippen molar-refractivity contribution < 1.29 is 13.6 Å². The van der Waals surface area contributed by atoms with Gasteiger partial charge >= 0.3 is 0 Å². The van der Waals surface area contributed by atoms with Crippen LogP contribution in [0.4, 0.5) is 8.78 Å². The van der Waals surface area contributed by atoms with Gasteiger partial charge in [-0.05, 0) is 43.9 Å². The van der Waals surface area contributed by atoms with Crippen LogP contribution in [0.2, 0.25) is 0 Å². The molecule has 0 spiro atoms. The summed E-state index contributed by atoms with van der Waals surface area (Å²) in [4.78, 5) is 11.1. The first-order valence-corrected chi connectivity index (χ1v) is 6.03. The Morgan fingerprint density at radius 2 is 2.06 bits per heavy atom. The van der Waals surface area contributed by atoms with E-state index in [2.05, 4.69) is 5.32 Å². The van der Waals surface area contributed by atoms with Crippen molar-refractivity contribution in [1.29, 1.82) is 0 Å². The largest absolute Gasteiger partial charge is 0.368 e. The number of piperidine rings is 1. The summed E-state index contributed by atoms with van der Waals surface area (Å²) in [6, 6.07) is 3.47. The van der Waals surface area contributed by atoms with Crippen molar-refractivity contribution in [2.24, 2.45) is 11.7 Å². The third-order valence-corrected chi connectivity index (χ3v) is 3.41. The number of hydrogen-bond acceptors (Lipinski definition) is 2. The van der Waals surface area contributed by atoms with Crippen molar-refractivity contribution in [3.63, 3.8) is 0 Å². The third kappa shape index (κ3) is 2.85. The topological polar surface area (TPSA) is 55.1 Å². The number of halogens is 2. The van der Waals surface area contributed by atoms with E-state index in [0.717, 1.165) is 6.42 Å². The first-order chi connectivity index (χ1) is 8.58. The number of primary amides is 1. The molecule has 0 bridgehead atoms. The van der Waals surface area contributed by atoms with Crippen LogP contribution in [0.3, 0.4) is 0 Å². The zero-order valence-corrected chi connectivity index (χ0v) is 9.96. The molecule has 0 aliphatic carbocycles. The molecular formula is C13H16F2N2O. The molecule has 3 N–H and O–H groups in total. The summed E-state index contributed by atoms with van der Waals surface area (Å²) in [6.45, 7) is 0.647. The molecular weight excluding hydrogens is 238 g/mol. The maximum Gasteiger partial charge on any atom is 0.234 e. The van der Waals surface area contributed by atoms with Crippen LogP contribution in [0, 0.1) is 17.6 Å². The van der Waals surface area contributed by atoms with Crippen LogP contribution < -0.4 is 11.1 Å². The first-order valence-electron chi connectivity index (χ1n) is 6.03. The molecule has 1 aliphatic rings. The zero-order chi connectivity index (χ0) is 13.1. The minimum absolute atomic E-state index is 0.0788. The van der Waals surface area contributed by atoms with Crippen LogP contribution in [0.15, 0.2) is 18.2 Å². The Hall–Kier alpha value is -1.49. The minimum atomic E-state index is -0.524. The van der Waals surface area contributed by atoms with E-state index in [1.807, 2.05) is 0 Å². The van der Waals surface area contributed by atoms with E-state index in [4.69, 9.17) is 5.73 Å². The van der Waals surface area contributed by atoms with E-state index in [0.29, 0.717) is 19.4 Å². The van der Waals surface area contributed by atoms with Gasteiger partial charge in [-0.1, -0.05) is 6.07 Å². The molecule has 98 valence electrons. The lowest BCUT2D eigenvalue weighted by molar-refractivity contribution is -0.120. The van der Waals surface area contributed by atoms with Gasteiger partial charge < -0.3 is 11.1 Å². The van der Waals surface area contributed by atoms with Gasteiger partial charge in [0.25, 0.3) is 0 Å². The standard InChI is InChI=1S/C13H16F2N2O/c14-10-2-1-3-11(15)9(10)6-8-4-5-17-12(7-8)13(16)18/h1-3,8,12,17H,4-7H2,(H2,16,18). The van der Waals surface area contributed by atoms with Crippen LogP contribution in [0.1, 0.15) is 18.4 Å². The second-order valence-electron chi connectivity index (χ2n) is 4.70. The molecule has 0 aromatic heterocycles. The fraction of sp³-hybridized carbons (Fsp3) is 0.462. The van der Waals surface area contributed by atoms with Crippen molar-refractivity contribution in [3.8, 4) is 0 Å². The maximum absolute atomic E-state index is 13.5. The molecule has 5 heteroatoms. The number of carbonyl (C=O) groups is 1. The van der Waals surface area contributed by atoms with E-state index in [9.17, 15) is 13.6 Å². The zero-order valence-electron chi connectivity index (χ0n) is 9.96. The fourth-order valence-electron chi connectivity index (χ4n) is 2.41. The highest BCUT2D eigenvalue weighted by molar-refractivity contribution is 5.79. The van der Waals surface area contributed by atoms with Gasteiger partial charge in [0, 0.05) is 5.56 Å². The average Bonchev–Trinajstić information content (AvgIpc) is 2.34. The number of nitrogens with two attached hydrogens (primary N) is 1. The normalized spacial score (nSPS) is 23.9. The highest BCUT2D eigenvalue weighted by Crippen LogP contribution is 2.24. The number of hydrogen-bond donors (Lipinski definition) is 2. The lowest BCUT2D eigenvalue weighted by Gasteiger charge is -2.28. The maximum atomic E-state index is 13.5. The molecule has 2 rings (SSSR count). The van der Waals surface area contributed by atoms with Gasteiger partial charge in [-0.3, -0.25) is 4.79 Å². The summed E-state index contributed by atoms with van der Waals surface area (Å²) in [5.74, 6) is -1.38. The third-order valence-electron chi connectivity index (χ3n) is 3.41. The molecule has 1 amide bonds. The van der Waals surface area contributed by atoms with Crippen LogP contribution in [-0.4, -0.2) is 18.5 Å². The molecule has 3 nitrogen and oxygen atoms in total. The first kappa shape index (κ1) is 13.0. The molecule has 0 radical (unpaired) electrons. The quantitative estimate of drug-likeness (QED) is 0.855. The molecule has 2 atom stereocenters. The molecule has 2 unspecified atom stereocenters. The summed E-state index contributed by atoms with van der Waals surface area (Å²) in [7, 11) is 0. The van der Waals surface area contributed by atoms with E-state index < -0.39 is 23.6 Å². The summed E-state index contributed by atoms with van der Waals surface area (Å²) in [6.07, 6.45) is 1.63. The molecule has 0 saturated carbocycles. The molecule has 1 aliphatic heterocycles. The van der Waals surface area contributed by atoms with Gasteiger partial charge in [0.2, 0.25) is 5.91 Å². The Morgan fingerprint density at radius 1 is 1.39 bits per heavy atom. The number of nitrogens with one attached hydrogen (secondary N) is 1. The van der Waals surface area contributed by atoms with Crippen LogP contribution >= 0.6 is 0 Å². The summed E-state index contributed by atoms with van der Waals surface area (Å²) in [5, 5.41) is 3.00. The van der Waals surface area contributed by atoms with Crippen LogP contribution in [-0.2, 0) is 11.2 Å². The Bertz CT molecular complexity index is 430. The average molecular weight is 254 g/mol. The van der Waals surface area contributed by atoms with Crippen molar-refractivity contribution in [3.05, 3.63) is 35.4 Å². The lowest BCUT2D eigenvalue weighted by Crippen LogP contribution is -2.47. The predicted octanol–water partition coefficient (Wildman–Crippen LogP) is 1.36. The Morgan fingerprint density at radius 3 is 2.67 bits per heavy atom. The van der Waals surface area contributed by atoms with Gasteiger partial charge in [0.15, 0.2) is 0 Å². The number of amides is 1. The molecule has 1 aromatic carbocycles. The van der Waals surface area contributed by atoms with Crippen molar-refractivity contribution in [1.82, 2.24) is 5.32 Å². The molecule has 1 aromatic rings. The van der Waals surface area contributed by atoms with Gasteiger partial charge in [0.1, 0.15) is 11.6 Å². The van der Waals surface area contributed by atoms with E-state index in [1.165, 1.54) is 18.2 Å². The predicted molar refractivity (Wildman–Crippen MR) is 63.8 cm³/mol. The Labute approximate surface area is 104 Å². The van der Waals surface area contributed by atoms with E-state index in [-0.39, 0.29) is 11.5 Å². The van der Waals surface area contributed by atoms with Crippen molar-refractivity contribution >= 4 is 5.91 Å². The lowest BCUT2D eigenvalue weighted by atomic mass is 9.86. The minimum Gasteiger partial charge on any atom is -0.368 e. The van der Waals surface area contributed by atoms with Crippen LogP contribution in [0.5, 0.6) is 0 Å². The summed E-state index contributed by atoms with van der Waals surface area (Å²) >= 11 is 0. The second kappa shape index (κ2) is 5.44. The number of benzene rings is 1. The highest BCUT2D eigenvalue weighted by Gasteiger charge is 2.26. The van der Waals surface area contributed by atoms with E-state index >= 15 is 0 Å². The van der Waals surface area contributed by atoms with Crippen molar-refractivity contribution in [2.45, 2.75) is 25.3 Å². The monoisotopic (exact) mass is 254 g/mol. The Kier molecular flexibility index (Phi) is 3.91. The van der Waals surface area contributed by atoms with Crippen molar-refractivity contribution in [2.75, 3.05) is 6.54 Å². The van der Waals surface area contributed by atoms with E-state index in [1.54, 1.807) is 0 Å². The molecule has 1 heterocycles. The molecule has 1 fully saturated rings. The second-order valence-corrected chi connectivity index (χ2v) is 4.70.